The first-order chi connectivity index (χ1) is 12.9. The number of benzene rings is 1. The summed E-state index contributed by atoms with van der Waals surface area (Å²) in [5.74, 6) is 1.42. The van der Waals surface area contributed by atoms with Crippen LogP contribution in [0.1, 0.15) is 32.1 Å². The van der Waals surface area contributed by atoms with Crippen molar-refractivity contribution in [2.45, 2.75) is 37.4 Å². The van der Waals surface area contributed by atoms with E-state index in [1.165, 1.54) is 46.4 Å². The van der Waals surface area contributed by atoms with Crippen molar-refractivity contribution in [3.05, 3.63) is 64.0 Å². The van der Waals surface area contributed by atoms with Gasteiger partial charge in [0.1, 0.15) is 0 Å². The second-order valence-corrected chi connectivity index (χ2v) is 9.14. The maximum Gasteiger partial charge on any atom is 0.0540 e. The molecule has 0 saturated carbocycles. The molecule has 26 heavy (non-hydrogen) atoms. The molecule has 3 atom stereocenters. The molecule has 1 nitrogen and oxygen atoms in total. The molecule has 3 unspecified atom stereocenters. The number of para-hydroxylation sites is 1. The molecule has 2 heterocycles. The monoisotopic (exact) mass is 357 g/mol. The van der Waals surface area contributed by atoms with Gasteiger partial charge in [-0.05, 0) is 55.1 Å². The molecule has 1 aromatic heterocycles. The summed E-state index contributed by atoms with van der Waals surface area (Å²) in [6.07, 6.45) is 21.1. The molecule has 3 aliphatic carbocycles. The van der Waals surface area contributed by atoms with Gasteiger partial charge < -0.3 is 4.57 Å². The number of thioether (sulfide) groups is 1. The maximum atomic E-state index is 2.59. The summed E-state index contributed by atoms with van der Waals surface area (Å²) in [6.45, 7) is 0. The minimum absolute atomic E-state index is 0.640. The van der Waals surface area contributed by atoms with E-state index in [-0.39, 0.29) is 0 Å². The molecular formula is C24H23NS. The summed E-state index contributed by atoms with van der Waals surface area (Å²) in [5.41, 5.74) is 2.73. The Morgan fingerprint density at radius 3 is 2.92 bits per heavy atom. The van der Waals surface area contributed by atoms with Crippen molar-refractivity contribution >= 4 is 40.5 Å². The minimum atomic E-state index is 0.640. The summed E-state index contributed by atoms with van der Waals surface area (Å²) in [4.78, 5) is 1.66. The van der Waals surface area contributed by atoms with Crippen LogP contribution < -0.4 is 10.6 Å². The predicted molar refractivity (Wildman–Crippen MR) is 113 cm³/mol. The molecule has 0 amide bonds. The first-order valence-electron chi connectivity index (χ1n) is 9.97. The molecule has 0 spiro atoms. The van der Waals surface area contributed by atoms with Gasteiger partial charge >= 0.3 is 0 Å². The quantitative estimate of drug-likeness (QED) is 0.708. The van der Waals surface area contributed by atoms with Crippen LogP contribution in [0.5, 0.6) is 0 Å². The predicted octanol–water partition coefficient (Wildman–Crippen LogP) is 4.82. The van der Waals surface area contributed by atoms with Crippen LogP contribution in [0.4, 0.5) is 0 Å². The Balaban J connectivity index is 1.56. The normalized spacial score (nSPS) is 29.2. The van der Waals surface area contributed by atoms with E-state index in [9.17, 15) is 0 Å². The van der Waals surface area contributed by atoms with Crippen LogP contribution in [0, 0.1) is 11.8 Å². The Kier molecular flexibility index (Phi) is 3.37. The van der Waals surface area contributed by atoms with Crippen molar-refractivity contribution in [2.75, 3.05) is 0 Å². The summed E-state index contributed by atoms with van der Waals surface area (Å²) in [6, 6.07) is 8.91. The Morgan fingerprint density at radius 1 is 1.00 bits per heavy atom. The lowest BCUT2D eigenvalue weighted by molar-refractivity contribution is 0.438. The second-order valence-electron chi connectivity index (χ2n) is 7.89. The molecule has 0 radical (unpaired) electrons. The SMILES string of the molecule is C1=CC2SC3=CCCCC3C2C=C1n1c2c(c3ccccc31)=CCCC=2. The van der Waals surface area contributed by atoms with Crippen molar-refractivity contribution < 1.29 is 0 Å². The van der Waals surface area contributed by atoms with Gasteiger partial charge in [0.2, 0.25) is 0 Å². The van der Waals surface area contributed by atoms with E-state index in [0.29, 0.717) is 11.2 Å². The van der Waals surface area contributed by atoms with Crippen LogP contribution >= 0.6 is 11.8 Å². The molecule has 1 saturated heterocycles. The first-order valence-corrected chi connectivity index (χ1v) is 10.8. The summed E-state index contributed by atoms with van der Waals surface area (Å²) >= 11 is 2.12. The van der Waals surface area contributed by atoms with Crippen molar-refractivity contribution in [3.8, 4) is 0 Å². The van der Waals surface area contributed by atoms with Gasteiger partial charge in [-0.2, -0.15) is 0 Å². The number of allylic oxidation sites excluding steroid dienone is 5. The number of rotatable bonds is 1. The topological polar surface area (TPSA) is 4.93 Å². The number of aromatic nitrogens is 1. The zero-order valence-electron chi connectivity index (χ0n) is 14.9. The van der Waals surface area contributed by atoms with Gasteiger partial charge in [-0.3, -0.25) is 0 Å². The number of fused-ring (bicyclic) bond motifs is 6. The lowest BCUT2D eigenvalue weighted by atomic mass is 9.80. The fourth-order valence-electron chi connectivity index (χ4n) is 5.26. The van der Waals surface area contributed by atoms with Crippen LogP contribution in [-0.4, -0.2) is 9.82 Å². The summed E-state index contributed by atoms with van der Waals surface area (Å²) in [7, 11) is 0. The van der Waals surface area contributed by atoms with Gasteiger partial charge in [-0.25, -0.2) is 0 Å². The fourth-order valence-corrected chi connectivity index (χ4v) is 6.82. The van der Waals surface area contributed by atoms with Crippen molar-refractivity contribution in [2.24, 2.45) is 11.8 Å². The highest BCUT2D eigenvalue weighted by atomic mass is 32.2. The van der Waals surface area contributed by atoms with E-state index in [1.54, 1.807) is 4.91 Å². The highest BCUT2D eigenvalue weighted by Crippen LogP contribution is 2.53. The average molecular weight is 358 g/mol. The zero-order valence-corrected chi connectivity index (χ0v) is 15.7. The Bertz CT molecular complexity index is 1110. The second kappa shape index (κ2) is 5.79. The molecule has 6 rings (SSSR count). The van der Waals surface area contributed by atoms with Crippen LogP contribution in [0.25, 0.3) is 28.8 Å². The van der Waals surface area contributed by atoms with Gasteiger partial charge in [-0.15, -0.1) is 11.8 Å². The van der Waals surface area contributed by atoms with Gasteiger partial charge in [0.05, 0.1) is 5.52 Å². The van der Waals surface area contributed by atoms with Crippen molar-refractivity contribution in [1.82, 2.24) is 4.57 Å². The molecule has 1 fully saturated rings. The lowest BCUT2D eigenvalue weighted by Gasteiger charge is -2.25. The molecule has 0 N–H and O–H groups in total. The first kappa shape index (κ1) is 15.2. The highest BCUT2D eigenvalue weighted by molar-refractivity contribution is 8.04. The highest BCUT2D eigenvalue weighted by Gasteiger charge is 2.40. The third-order valence-electron chi connectivity index (χ3n) is 6.43. The Labute approximate surface area is 158 Å². The van der Waals surface area contributed by atoms with Crippen molar-refractivity contribution in [3.63, 3.8) is 0 Å². The molecule has 0 bridgehead atoms. The standard InChI is InChI=1S/C24H23NS/c1-4-10-21-17(7-1)18-8-2-5-11-22(18)25(21)16-13-14-24-20(15-16)19-9-3-6-12-23(19)26-24/h1,4,7-8,10-15,19-20,24H,2-3,5-6,9H2. The molecule has 2 heteroatoms. The molecule has 1 aromatic carbocycles. The third-order valence-corrected chi connectivity index (χ3v) is 7.91. The molecule has 1 aliphatic heterocycles. The van der Waals surface area contributed by atoms with E-state index in [1.807, 2.05) is 0 Å². The van der Waals surface area contributed by atoms with E-state index >= 15 is 0 Å². The molecule has 2 aromatic rings. The largest absolute Gasteiger partial charge is 0.310 e. The fraction of sp³-hybridized carbons (Fsp3) is 0.333. The van der Waals surface area contributed by atoms with E-state index in [2.05, 4.69) is 77.1 Å². The maximum absolute atomic E-state index is 2.59. The molecule has 4 aliphatic rings. The van der Waals surface area contributed by atoms with Crippen LogP contribution in [-0.2, 0) is 0 Å². The number of hydrogen-bond donors (Lipinski definition) is 0. The lowest BCUT2D eigenvalue weighted by Crippen LogP contribution is -2.31. The molecule has 130 valence electrons. The number of nitrogens with zero attached hydrogens (tertiary/aromatic N) is 1. The minimum Gasteiger partial charge on any atom is -0.310 e. The average Bonchev–Trinajstić information content (AvgIpc) is 3.23. The van der Waals surface area contributed by atoms with Crippen LogP contribution in [0.2, 0.25) is 0 Å². The van der Waals surface area contributed by atoms with Gasteiger partial charge in [-0.1, -0.05) is 48.6 Å². The Hall–Kier alpha value is -1.93. The number of hydrogen-bond acceptors (Lipinski definition) is 1. The zero-order chi connectivity index (χ0) is 17.1. The van der Waals surface area contributed by atoms with Gasteiger partial charge in [0.25, 0.3) is 0 Å². The van der Waals surface area contributed by atoms with Crippen LogP contribution in [0.15, 0.2) is 53.5 Å². The smallest absolute Gasteiger partial charge is 0.0540 e. The van der Waals surface area contributed by atoms with E-state index in [4.69, 9.17) is 0 Å². The van der Waals surface area contributed by atoms with E-state index in [0.717, 1.165) is 18.8 Å². The summed E-state index contributed by atoms with van der Waals surface area (Å²) in [5, 5.41) is 4.87. The Morgan fingerprint density at radius 2 is 1.92 bits per heavy atom. The van der Waals surface area contributed by atoms with Gasteiger partial charge in [0, 0.05) is 32.8 Å². The van der Waals surface area contributed by atoms with Gasteiger partial charge in [0.15, 0.2) is 0 Å². The molecular weight excluding hydrogens is 334 g/mol. The third kappa shape index (κ3) is 2.11. The van der Waals surface area contributed by atoms with Crippen LogP contribution in [0.3, 0.4) is 0 Å². The summed E-state index contributed by atoms with van der Waals surface area (Å²) < 4.78 is 2.52. The van der Waals surface area contributed by atoms with E-state index < -0.39 is 0 Å². The van der Waals surface area contributed by atoms with Crippen molar-refractivity contribution in [1.29, 1.82) is 0 Å².